The topological polar surface area (TPSA) is 46.6 Å². The third-order valence-corrected chi connectivity index (χ3v) is 3.37. The van der Waals surface area contributed by atoms with Gasteiger partial charge in [0.25, 0.3) is 0 Å². The van der Waals surface area contributed by atoms with E-state index in [4.69, 9.17) is 4.74 Å². The van der Waals surface area contributed by atoms with Crippen molar-refractivity contribution in [3.63, 3.8) is 0 Å². The molecule has 98 valence electrons. The van der Waals surface area contributed by atoms with E-state index in [9.17, 15) is 9.59 Å². The van der Waals surface area contributed by atoms with E-state index in [1.165, 1.54) is 7.11 Å². The van der Waals surface area contributed by atoms with Crippen LogP contribution < -0.4 is 0 Å². The molecule has 1 saturated heterocycles. The molecule has 0 aromatic rings. The van der Waals surface area contributed by atoms with Crippen molar-refractivity contribution in [2.45, 2.75) is 64.5 Å². The van der Waals surface area contributed by atoms with Crippen LogP contribution in [0.15, 0.2) is 0 Å². The molecular formula is C13H23NO3. The Labute approximate surface area is 103 Å². The molecule has 4 heteroatoms. The largest absolute Gasteiger partial charge is 0.467 e. The maximum absolute atomic E-state index is 11.9. The van der Waals surface area contributed by atoms with Gasteiger partial charge in [-0.2, -0.15) is 0 Å². The van der Waals surface area contributed by atoms with Crippen LogP contribution in [0, 0.1) is 0 Å². The third-order valence-electron chi connectivity index (χ3n) is 3.37. The van der Waals surface area contributed by atoms with Gasteiger partial charge >= 0.3 is 5.97 Å². The lowest BCUT2D eigenvalue weighted by Crippen LogP contribution is -2.46. The van der Waals surface area contributed by atoms with Crippen LogP contribution in [0.3, 0.4) is 0 Å². The van der Waals surface area contributed by atoms with Gasteiger partial charge in [-0.15, -0.1) is 0 Å². The molecule has 1 atom stereocenters. The van der Waals surface area contributed by atoms with Gasteiger partial charge in [-0.1, -0.05) is 26.7 Å². The zero-order valence-electron chi connectivity index (χ0n) is 11.1. The molecule has 0 bridgehead atoms. The molecule has 0 saturated carbocycles. The smallest absolute Gasteiger partial charge is 0.328 e. The maximum Gasteiger partial charge on any atom is 0.328 e. The van der Waals surface area contributed by atoms with Crippen molar-refractivity contribution in [1.29, 1.82) is 0 Å². The van der Waals surface area contributed by atoms with Crippen LogP contribution in [-0.4, -0.2) is 36.0 Å². The Morgan fingerprint density at radius 1 is 1.41 bits per heavy atom. The number of esters is 1. The molecular weight excluding hydrogens is 218 g/mol. The second kappa shape index (κ2) is 6.62. The number of likely N-dealkylation sites (tertiary alicyclic amines) is 1. The predicted octanol–water partition coefficient (Wildman–Crippen LogP) is 2.12. The fourth-order valence-electron chi connectivity index (χ4n) is 2.62. The number of nitrogens with zero attached hydrogens (tertiary/aromatic N) is 1. The molecule has 0 aromatic heterocycles. The molecule has 1 unspecified atom stereocenters. The van der Waals surface area contributed by atoms with Crippen LogP contribution in [0.1, 0.15) is 52.4 Å². The number of methoxy groups -OCH3 is 1. The first-order valence-corrected chi connectivity index (χ1v) is 6.54. The monoisotopic (exact) mass is 241 g/mol. The Balaban J connectivity index is 2.80. The summed E-state index contributed by atoms with van der Waals surface area (Å²) in [6.07, 6.45) is 5.07. The lowest BCUT2D eigenvalue weighted by Gasteiger charge is -2.31. The van der Waals surface area contributed by atoms with Gasteiger partial charge in [0.15, 0.2) is 0 Å². The van der Waals surface area contributed by atoms with Crippen molar-refractivity contribution in [3.8, 4) is 0 Å². The summed E-state index contributed by atoms with van der Waals surface area (Å²) in [5.41, 5.74) is 0. The van der Waals surface area contributed by atoms with Gasteiger partial charge in [0.2, 0.25) is 5.91 Å². The fraction of sp³-hybridized carbons (Fsp3) is 0.846. The summed E-state index contributed by atoms with van der Waals surface area (Å²) in [5.74, 6) is -0.166. The summed E-state index contributed by atoms with van der Waals surface area (Å²) in [4.78, 5) is 25.4. The molecule has 1 heterocycles. The number of hydrogen-bond acceptors (Lipinski definition) is 3. The summed E-state index contributed by atoms with van der Waals surface area (Å²) in [6.45, 7) is 4.21. The minimum atomic E-state index is -0.351. The number of amides is 1. The number of carbonyl (C=O) groups is 2. The molecule has 1 rings (SSSR count). The van der Waals surface area contributed by atoms with E-state index in [0.717, 1.165) is 25.7 Å². The first-order chi connectivity index (χ1) is 8.15. The predicted molar refractivity (Wildman–Crippen MR) is 65.5 cm³/mol. The van der Waals surface area contributed by atoms with Gasteiger partial charge in [-0.25, -0.2) is 4.79 Å². The van der Waals surface area contributed by atoms with Gasteiger partial charge < -0.3 is 9.64 Å². The highest BCUT2D eigenvalue weighted by atomic mass is 16.5. The minimum Gasteiger partial charge on any atom is -0.467 e. The van der Waals surface area contributed by atoms with Crippen molar-refractivity contribution in [3.05, 3.63) is 0 Å². The lowest BCUT2D eigenvalue weighted by molar-refractivity contribution is -0.151. The highest BCUT2D eigenvalue weighted by Crippen LogP contribution is 2.26. The SMILES string of the molecule is CCCC(CCC)N1C(=O)CCC1C(=O)OC. The number of carbonyl (C=O) groups excluding carboxylic acids is 2. The number of ether oxygens (including phenoxy) is 1. The quantitative estimate of drug-likeness (QED) is 0.669. The molecule has 0 spiro atoms. The zero-order chi connectivity index (χ0) is 12.8. The van der Waals surface area contributed by atoms with Crippen molar-refractivity contribution in [1.82, 2.24) is 4.90 Å². The van der Waals surface area contributed by atoms with Crippen molar-refractivity contribution in [2.75, 3.05) is 7.11 Å². The molecule has 1 aliphatic rings. The molecule has 17 heavy (non-hydrogen) atoms. The van der Waals surface area contributed by atoms with E-state index in [2.05, 4.69) is 13.8 Å². The van der Waals surface area contributed by atoms with Gasteiger partial charge in [-0.05, 0) is 19.3 Å². The molecule has 0 N–H and O–H groups in total. The van der Waals surface area contributed by atoms with Gasteiger partial charge in [0, 0.05) is 12.5 Å². The molecule has 0 radical (unpaired) electrons. The standard InChI is InChI=1S/C13H23NO3/c1-4-6-10(7-5-2)14-11(13(16)17-3)8-9-12(14)15/h10-11H,4-9H2,1-3H3. The average Bonchev–Trinajstić information content (AvgIpc) is 2.70. The van der Waals surface area contributed by atoms with Crippen LogP contribution in [0.5, 0.6) is 0 Å². The van der Waals surface area contributed by atoms with Crippen molar-refractivity contribution in [2.24, 2.45) is 0 Å². The van der Waals surface area contributed by atoms with Crippen LogP contribution >= 0.6 is 0 Å². The van der Waals surface area contributed by atoms with E-state index >= 15 is 0 Å². The van der Waals surface area contributed by atoms with Crippen LogP contribution in [0.25, 0.3) is 0 Å². The summed E-state index contributed by atoms with van der Waals surface area (Å²) in [5, 5.41) is 0. The molecule has 0 aliphatic carbocycles. The minimum absolute atomic E-state index is 0.104. The Morgan fingerprint density at radius 3 is 2.47 bits per heavy atom. The Bertz CT molecular complexity index is 272. The summed E-state index contributed by atoms with van der Waals surface area (Å²) >= 11 is 0. The van der Waals surface area contributed by atoms with Crippen molar-refractivity contribution >= 4 is 11.9 Å². The highest BCUT2D eigenvalue weighted by Gasteiger charge is 2.40. The van der Waals surface area contributed by atoms with E-state index in [-0.39, 0.29) is 24.0 Å². The summed E-state index contributed by atoms with van der Waals surface area (Å²) in [7, 11) is 1.39. The van der Waals surface area contributed by atoms with E-state index < -0.39 is 0 Å². The second-order valence-corrected chi connectivity index (χ2v) is 4.61. The third kappa shape index (κ3) is 3.20. The molecule has 0 aromatic carbocycles. The number of hydrogen-bond donors (Lipinski definition) is 0. The average molecular weight is 241 g/mol. The van der Waals surface area contributed by atoms with E-state index in [0.29, 0.717) is 12.8 Å². The Morgan fingerprint density at radius 2 is 2.00 bits per heavy atom. The van der Waals surface area contributed by atoms with Gasteiger partial charge in [-0.3, -0.25) is 4.79 Å². The Hall–Kier alpha value is -1.06. The molecule has 1 fully saturated rings. The van der Waals surface area contributed by atoms with Crippen LogP contribution in [0.2, 0.25) is 0 Å². The van der Waals surface area contributed by atoms with Crippen LogP contribution in [-0.2, 0) is 14.3 Å². The van der Waals surface area contributed by atoms with E-state index in [1.807, 2.05) is 0 Å². The van der Waals surface area contributed by atoms with Crippen LogP contribution in [0.4, 0.5) is 0 Å². The first-order valence-electron chi connectivity index (χ1n) is 6.54. The zero-order valence-corrected chi connectivity index (χ0v) is 11.1. The van der Waals surface area contributed by atoms with E-state index in [1.54, 1.807) is 4.90 Å². The molecule has 4 nitrogen and oxygen atoms in total. The fourth-order valence-corrected chi connectivity index (χ4v) is 2.62. The molecule has 1 aliphatic heterocycles. The Kier molecular flexibility index (Phi) is 5.45. The van der Waals surface area contributed by atoms with Crippen molar-refractivity contribution < 1.29 is 14.3 Å². The van der Waals surface area contributed by atoms with Gasteiger partial charge in [0.1, 0.15) is 6.04 Å². The highest BCUT2D eigenvalue weighted by molar-refractivity contribution is 5.88. The normalized spacial score (nSPS) is 20.1. The molecule has 1 amide bonds. The maximum atomic E-state index is 11.9. The lowest BCUT2D eigenvalue weighted by atomic mass is 10.0. The first kappa shape index (κ1) is 14.0. The summed E-state index contributed by atoms with van der Waals surface area (Å²) in [6, 6.07) is -0.153. The number of rotatable bonds is 6. The summed E-state index contributed by atoms with van der Waals surface area (Å²) < 4.78 is 4.79. The second-order valence-electron chi connectivity index (χ2n) is 4.61. The van der Waals surface area contributed by atoms with Gasteiger partial charge in [0.05, 0.1) is 7.11 Å².